The van der Waals surface area contributed by atoms with Gasteiger partial charge in [-0.3, -0.25) is 0 Å². The molecule has 0 fully saturated rings. The average Bonchev–Trinajstić information content (AvgIpc) is 2.76. The van der Waals surface area contributed by atoms with E-state index in [1.807, 2.05) is 6.07 Å². The standard InChI is InChI=1S/C13H12BrF2NS/c14-12-6-5-11(18-12)8-17-7-9-1-3-10(4-2-9)13(15)16/h1-6,13,17H,7-8H2. The molecule has 1 aromatic heterocycles. The Hall–Kier alpha value is -0.780. The van der Waals surface area contributed by atoms with Gasteiger partial charge in [0.05, 0.1) is 3.79 Å². The molecule has 0 radical (unpaired) electrons. The van der Waals surface area contributed by atoms with E-state index in [0.29, 0.717) is 6.54 Å². The van der Waals surface area contributed by atoms with Crippen LogP contribution in [0.4, 0.5) is 8.78 Å². The number of nitrogens with one attached hydrogen (secondary N) is 1. The molecule has 1 N–H and O–H groups in total. The Morgan fingerprint density at radius 3 is 2.33 bits per heavy atom. The fraction of sp³-hybridized carbons (Fsp3) is 0.231. The van der Waals surface area contributed by atoms with Gasteiger partial charge in [-0.2, -0.15) is 0 Å². The molecule has 1 heterocycles. The zero-order chi connectivity index (χ0) is 13.0. The van der Waals surface area contributed by atoms with Crippen molar-refractivity contribution in [1.82, 2.24) is 5.32 Å². The Morgan fingerprint density at radius 1 is 1.06 bits per heavy atom. The van der Waals surface area contributed by atoms with E-state index >= 15 is 0 Å². The summed E-state index contributed by atoms with van der Waals surface area (Å²) in [5, 5.41) is 3.28. The molecule has 96 valence electrons. The van der Waals surface area contributed by atoms with Crippen LogP contribution in [0.3, 0.4) is 0 Å². The molecule has 18 heavy (non-hydrogen) atoms. The van der Waals surface area contributed by atoms with Gasteiger partial charge >= 0.3 is 0 Å². The SMILES string of the molecule is FC(F)c1ccc(CNCc2ccc(Br)s2)cc1. The second-order valence-corrected chi connectivity index (χ2v) is 6.40. The minimum atomic E-state index is -2.39. The van der Waals surface area contributed by atoms with Crippen molar-refractivity contribution in [2.45, 2.75) is 19.5 Å². The lowest BCUT2D eigenvalue weighted by atomic mass is 10.1. The molecule has 1 aromatic carbocycles. The van der Waals surface area contributed by atoms with Crippen LogP contribution >= 0.6 is 27.3 Å². The summed E-state index contributed by atoms with van der Waals surface area (Å²) in [5.74, 6) is 0. The van der Waals surface area contributed by atoms with Crippen molar-refractivity contribution in [2.24, 2.45) is 0 Å². The number of benzene rings is 1. The van der Waals surface area contributed by atoms with Gasteiger partial charge in [0.15, 0.2) is 0 Å². The van der Waals surface area contributed by atoms with E-state index in [0.717, 1.165) is 15.9 Å². The van der Waals surface area contributed by atoms with E-state index in [-0.39, 0.29) is 5.56 Å². The number of hydrogen-bond acceptors (Lipinski definition) is 2. The summed E-state index contributed by atoms with van der Waals surface area (Å²) in [7, 11) is 0. The molecule has 0 saturated heterocycles. The highest BCUT2D eigenvalue weighted by Crippen LogP contribution is 2.22. The van der Waals surface area contributed by atoms with E-state index in [4.69, 9.17) is 0 Å². The summed E-state index contributed by atoms with van der Waals surface area (Å²) in [6, 6.07) is 10.5. The maximum Gasteiger partial charge on any atom is 0.263 e. The largest absolute Gasteiger partial charge is 0.308 e. The summed E-state index contributed by atoms with van der Waals surface area (Å²) in [6.45, 7) is 1.46. The molecule has 0 spiro atoms. The highest BCUT2D eigenvalue weighted by Gasteiger charge is 2.05. The molecule has 1 nitrogen and oxygen atoms in total. The molecule has 0 bridgehead atoms. The summed E-state index contributed by atoms with van der Waals surface area (Å²) in [4.78, 5) is 1.24. The summed E-state index contributed by atoms with van der Waals surface area (Å²) in [5.41, 5.74) is 1.08. The van der Waals surface area contributed by atoms with E-state index in [1.54, 1.807) is 23.5 Å². The Morgan fingerprint density at radius 2 is 1.78 bits per heavy atom. The fourth-order valence-electron chi connectivity index (χ4n) is 1.56. The number of rotatable bonds is 5. The zero-order valence-corrected chi connectivity index (χ0v) is 11.9. The van der Waals surface area contributed by atoms with E-state index in [2.05, 4.69) is 27.3 Å². The fourth-order valence-corrected chi connectivity index (χ4v) is 3.01. The first kappa shape index (κ1) is 13.6. The first-order valence-electron chi connectivity index (χ1n) is 5.47. The highest BCUT2D eigenvalue weighted by molar-refractivity contribution is 9.11. The molecule has 2 rings (SSSR count). The van der Waals surface area contributed by atoms with Crippen LogP contribution in [0.15, 0.2) is 40.2 Å². The third-order valence-corrected chi connectivity index (χ3v) is 4.11. The first-order chi connectivity index (χ1) is 8.65. The van der Waals surface area contributed by atoms with Crippen LogP contribution < -0.4 is 5.32 Å². The van der Waals surface area contributed by atoms with Crippen LogP contribution in [-0.4, -0.2) is 0 Å². The average molecular weight is 332 g/mol. The molecule has 0 atom stereocenters. The Balaban J connectivity index is 1.83. The molecule has 0 amide bonds. The quantitative estimate of drug-likeness (QED) is 0.834. The van der Waals surface area contributed by atoms with Crippen molar-refractivity contribution < 1.29 is 8.78 Å². The van der Waals surface area contributed by atoms with E-state index in [1.165, 1.54) is 17.0 Å². The number of halogens is 3. The molecule has 0 aliphatic heterocycles. The van der Waals surface area contributed by atoms with Gasteiger partial charge in [-0.1, -0.05) is 24.3 Å². The Labute approximate surface area is 117 Å². The smallest absolute Gasteiger partial charge is 0.263 e. The number of alkyl halides is 2. The third kappa shape index (κ3) is 3.86. The lowest BCUT2D eigenvalue weighted by Crippen LogP contribution is -2.11. The van der Waals surface area contributed by atoms with Gasteiger partial charge in [0, 0.05) is 23.5 Å². The maximum atomic E-state index is 12.4. The molecular formula is C13H12BrF2NS. The second kappa shape index (κ2) is 6.41. The molecule has 5 heteroatoms. The summed E-state index contributed by atoms with van der Waals surface area (Å²) >= 11 is 5.09. The molecule has 2 aromatic rings. The Bertz CT molecular complexity index is 496. The van der Waals surface area contributed by atoms with Crippen molar-refractivity contribution in [3.05, 3.63) is 56.2 Å². The van der Waals surface area contributed by atoms with Crippen molar-refractivity contribution in [1.29, 1.82) is 0 Å². The van der Waals surface area contributed by atoms with Gasteiger partial charge in [0.25, 0.3) is 6.43 Å². The van der Waals surface area contributed by atoms with Crippen LogP contribution in [0, 0.1) is 0 Å². The van der Waals surface area contributed by atoms with E-state index in [9.17, 15) is 8.78 Å². The van der Waals surface area contributed by atoms with Crippen molar-refractivity contribution in [2.75, 3.05) is 0 Å². The number of thiophene rings is 1. The predicted molar refractivity (Wildman–Crippen MR) is 74.0 cm³/mol. The zero-order valence-electron chi connectivity index (χ0n) is 9.50. The van der Waals surface area contributed by atoms with Crippen LogP contribution in [-0.2, 0) is 13.1 Å². The van der Waals surface area contributed by atoms with Gasteiger partial charge in [-0.25, -0.2) is 8.78 Å². The third-order valence-electron chi connectivity index (χ3n) is 2.49. The van der Waals surface area contributed by atoms with Gasteiger partial charge in [-0.15, -0.1) is 11.3 Å². The van der Waals surface area contributed by atoms with Crippen molar-refractivity contribution in [3.8, 4) is 0 Å². The van der Waals surface area contributed by atoms with Crippen LogP contribution in [0.2, 0.25) is 0 Å². The van der Waals surface area contributed by atoms with Crippen LogP contribution in [0.5, 0.6) is 0 Å². The summed E-state index contributed by atoms with van der Waals surface area (Å²) < 4.78 is 25.8. The minimum Gasteiger partial charge on any atom is -0.308 e. The summed E-state index contributed by atoms with van der Waals surface area (Å²) in [6.07, 6.45) is -2.39. The van der Waals surface area contributed by atoms with Crippen LogP contribution in [0.1, 0.15) is 22.4 Å². The lowest BCUT2D eigenvalue weighted by Gasteiger charge is -2.05. The highest BCUT2D eigenvalue weighted by atomic mass is 79.9. The second-order valence-electron chi connectivity index (χ2n) is 3.85. The lowest BCUT2D eigenvalue weighted by molar-refractivity contribution is 0.151. The number of hydrogen-bond donors (Lipinski definition) is 1. The molecule has 0 saturated carbocycles. The van der Waals surface area contributed by atoms with Crippen molar-refractivity contribution >= 4 is 27.3 Å². The van der Waals surface area contributed by atoms with Gasteiger partial charge < -0.3 is 5.32 Å². The first-order valence-corrected chi connectivity index (χ1v) is 7.08. The minimum absolute atomic E-state index is 0.0703. The predicted octanol–water partition coefficient (Wildman–Crippen LogP) is 4.74. The molecular weight excluding hydrogens is 320 g/mol. The maximum absolute atomic E-state index is 12.4. The Kier molecular flexibility index (Phi) is 4.86. The molecule has 0 aliphatic carbocycles. The molecule has 0 aliphatic rings. The topological polar surface area (TPSA) is 12.0 Å². The van der Waals surface area contributed by atoms with Crippen molar-refractivity contribution in [3.63, 3.8) is 0 Å². The monoisotopic (exact) mass is 331 g/mol. The molecule has 0 unspecified atom stereocenters. The normalized spacial score (nSPS) is 11.1. The van der Waals surface area contributed by atoms with Gasteiger partial charge in [-0.05, 0) is 33.6 Å². The van der Waals surface area contributed by atoms with Gasteiger partial charge in [0.1, 0.15) is 0 Å². The van der Waals surface area contributed by atoms with Gasteiger partial charge in [0.2, 0.25) is 0 Å². The van der Waals surface area contributed by atoms with E-state index < -0.39 is 6.43 Å². The van der Waals surface area contributed by atoms with Crippen LogP contribution in [0.25, 0.3) is 0 Å².